The molecule has 0 saturated heterocycles. The van der Waals surface area contributed by atoms with Crippen molar-refractivity contribution in [1.29, 1.82) is 0 Å². The van der Waals surface area contributed by atoms with E-state index in [9.17, 15) is 9.59 Å². The molecule has 0 aliphatic heterocycles. The van der Waals surface area contributed by atoms with Crippen molar-refractivity contribution < 1.29 is 18.7 Å². The molecular formula is C26H26Cl2N4O4. The number of anilines is 1. The number of nitrogens with one attached hydrogen (secondary N) is 1. The minimum absolute atomic E-state index is 0.00894. The number of amides is 2. The Labute approximate surface area is 218 Å². The van der Waals surface area contributed by atoms with Gasteiger partial charge in [0.15, 0.2) is 0 Å². The van der Waals surface area contributed by atoms with E-state index in [4.69, 9.17) is 38.1 Å². The molecule has 1 unspecified atom stereocenters. The second-order valence-electron chi connectivity index (χ2n) is 8.34. The van der Waals surface area contributed by atoms with Crippen molar-refractivity contribution in [2.45, 2.75) is 32.3 Å². The van der Waals surface area contributed by atoms with E-state index < -0.39 is 11.8 Å². The van der Waals surface area contributed by atoms with Crippen molar-refractivity contribution in [2.75, 3.05) is 18.7 Å². The molecule has 0 aliphatic rings. The van der Waals surface area contributed by atoms with Gasteiger partial charge in [-0.15, -0.1) is 0 Å². The van der Waals surface area contributed by atoms with E-state index in [2.05, 4.69) is 17.3 Å². The molecule has 0 fully saturated rings. The van der Waals surface area contributed by atoms with Gasteiger partial charge in [-0.1, -0.05) is 42.6 Å². The molecule has 2 heterocycles. The zero-order valence-electron chi connectivity index (χ0n) is 19.9. The summed E-state index contributed by atoms with van der Waals surface area (Å²) in [6, 6.07) is 10.1. The van der Waals surface area contributed by atoms with Crippen LogP contribution in [0.15, 0.2) is 53.2 Å². The first-order valence-corrected chi connectivity index (χ1v) is 12.2. The molecule has 0 radical (unpaired) electrons. The Bertz CT molecular complexity index is 1400. The van der Waals surface area contributed by atoms with Crippen LogP contribution in [-0.2, 0) is 4.74 Å². The fourth-order valence-electron chi connectivity index (χ4n) is 4.22. The van der Waals surface area contributed by atoms with E-state index >= 15 is 0 Å². The number of primary amides is 1. The number of fused-ring (bicyclic) bond motifs is 3. The van der Waals surface area contributed by atoms with Gasteiger partial charge in [0.2, 0.25) is 5.91 Å². The Hall–Kier alpha value is -3.33. The number of rotatable bonds is 10. The fraction of sp³-hybridized carbons (Fsp3) is 0.269. The molecule has 0 spiro atoms. The van der Waals surface area contributed by atoms with Crippen LogP contribution in [0.5, 0.6) is 0 Å². The van der Waals surface area contributed by atoms with Crippen molar-refractivity contribution in [2.24, 2.45) is 5.73 Å². The van der Waals surface area contributed by atoms with E-state index in [1.54, 1.807) is 48.5 Å². The van der Waals surface area contributed by atoms with Crippen LogP contribution in [0, 0.1) is 0 Å². The highest BCUT2D eigenvalue weighted by molar-refractivity contribution is 6.39. The quantitative estimate of drug-likeness (QED) is 0.254. The smallest absolute Gasteiger partial charge is 0.269 e. The second-order valence-corrected chi connectivity index (χ2v) is 9.15. The summed E-state index contributed by atoms with van der Waals surface area (Å²) in [7, 11) is 1.67. The van der Waals surface area contributed by atoms with Crippen LogP contribution in [0.3, 0.4) is 0 Å². The molecule has 2 amide bonds. The van der Waals surface area contributed by atoms with E-state index in [1.165, 1.54) is 12.4 Å². The highest BCUT2D eigenvalue weighted by Crippen LogP contribution is 2.34. The summed E-state index contributed by atoms with van der Waals surface area (Å²) in [4.78, 5) is 29.4. The summed E-state index contributed by atoms with van der Waals surface area (Å²) >= 11 is 12.8. The summed E-state index contributed by atoms with van der Waals surface area (Å²) in [5.41, 5.74) is 10.7. The van der Waals surface area contributed by atoms with Crippen LogP contribution in [-0.4, -0.2) is 36.6 Å². The number of hydrogen-bond donors (Lipinski definition) is 2. The van der Waals surface area contributed by atoms with E-state index in [0.717, 1.165) is 12.8 Å². The molecule has 3 N–H and O–H groups in total. The Balaban J connectivity index is 1.69. The third kappa shape index (κ3) is 5.26. The monoisotopic (exact) mass is 528 g/mol. The molecule has 0 aliphatic carbocycles. The number of ether oxygens (including phenoxy) is 1. The van der Waals surface area contributed by atoms with Gasteiger partial charge < -0.3 is 14.9 Å². The maximum atomic E-state index is 13.4. The van der Waals surface area contributed by atoms with Crippen molar-refractivity contribution in [1.82, 2.24) is 10.4 Å². The molecular weight excluding hydrogens is 503 g/mol. The largest absolute Gasteiger partial charge is 0.456 e. The Kier molecular flexibility index (Phi) is 7.98. The summed E-state index contributed by atoms with van der Waals surface area (Å²) in [5.74, 6) is -0.970. The molecule has 4 aromatic rings. The first kappa shape index (κ1) is 25.8. The van der Waals surface area contributed by atoms with Crippen molar-refractivity contribution >= 4 is 62.6 Å². The topological polar surface area (TPSA) is 111 Å². The minimum Gasteiger partial charge on any atom is -0.456 e. The number of nitrogens with two attached hydrogens (primary N) is 1. The maximum Gasteiger partial charge on any atom is 0.269 e. The lowest BCUT2D eigenvalue weighted by atomic mass is 10.0. The van der Waals surface area contributed by atoms with Crippen LogP contribution in [0.4, 0.5) is 5.69 Å². The molecule has 36 heavy (non-hydrogen) atoms. The van der Waals surface area contributed by atoms with Gasteiger partial charge in [-0.3, -0.25) is 25.0 Å². The Morgan fingerprint density at radius 3 is 2.56 bits per heavy atom. The normalized spacial score (nSPS) is 12.1. The summed E-state index contributed by atoms with van der Waals surface area (Å²) in [6.07, 6.45) is 5.42. The number of hydrazine groups is 1. The number of carbonyl (C=O) groups excluding carboxylic acids is 2. The number of benzene rings is 2. The maximum absolute atomic E-state index is 13.4. The number of hydrogen-bond acceptors (Lipinski definition) is 6. The zero-order chi connectivity index (χ0) is 25.8. The molecule has 8 nitrogen and oxygen atoms in total. The standard InChI is InChI=1S/C26H26Cl2N4O4/c1-3-5-16(35-2)10-11-32(24-19(27)13-30-14-20(24)28)31-26(34)15-8-9-21-18(12-15)23-17(25(29)33)6-4-7-22(23)36-21/h4,6-9,12-14,16H,3,5,10-11H2,1-2H3,(H2,29,33)(H,31,34). The van der Waals surface area contributed by atoms with Gasteiger partial charge in [0.05, 0.1) is 27.4 Å². The first-order chi connectivity index (χ1) is 17.3. The van der Waals surface area contributed by atoms with Crippen LogP contribution in [0.2, 0.25) is 10.0 Å². The molecule has 0 bridgehead atoms. The predicted octanol–water partition coefficient (Wildman–Crippen LogP) is 5.74. The van der Waals surface area contributed by atoms with Crippen LogP contribution < -0.4 is 16.2 Å². The molecule has 2 aromatic carbocycles. The third-order valence-electron chi connectivity index (χ3n) is 5.98. The van der Waals surface area contributed by atoms with Gasteiger partial charge in [0, 0.05) is 42.4 Å². The molecule has 2 aromatic heterocycles. The number of pyridine rings is 1. The molecule has 188 valence electrons. The van der Waals surface area contributed by atoms with E-state index in [-0.39, 0.29) is 6.10 Å². The number of furan rings is 1. The number of nitrogens with zero attached hydrogens (tertiary/aromatic N) is 2. The lowest BCUT2D eigenvalue weighted by Gasteiger charge is -2.28. The summed E-state index contributed by atoms with van der Waals surface area (Å²) < 4.78 is 11.4. The average molecular weight is 529 g/mol. The first-order valence-electron chi connectivity index (χ1n) is 11.5. The van der Waals surface area contributed by atoms with Gasteiger partial charge in [-0.25, -0.2) is 0 Å². The van der Waals surface area contributed by atoms with Crippen molar-refractivity contribution in [3.05, 3.63) is 70.0 Å². The van der Waals surface area contributed by atoms with Crippen LogP contribution in [0.25, 0.3) is 21.9 Å². The molecule has 0 saturated carbocycles. The van der Waals surface area contributed by atoms with Gasteiger partial charge in [-0.2, -0.15) is 0 Å². The Morgan fingerprint density at radius 1 is 1.14 bits per heavy atom. The predicted molar refractivity (Wildman–Crippen MR) is 142 cm³/mol. The van der Waals surface area contributed by atoms with Gasteiger partial charge in [0.1, 0.15) is 11.2 Å². The Morgan fingerprint density at radius 2 is 1.89 bits per heavy atom. The van der Waals surface area contributed by atoms with Gasteiger partial charge >= 0.3 is 0 Å². The number of carbonyl (C=O) groups is 2. The summed E-state index contributed by atoms with van der Waals surface area (Å²) in [6.45, 7) is 2.48. The van der Waals surface area contributed by atoms with Crippen LogP contribution >= 0.6 is 23.2 Å². The molecule has 4 rings (SSSR count). The lowest BCUT2D eigenvalue weighted by molar-refractivity contribution is 0.0859. The van der Waals surface area contributed by atoms with Crippen molar-refractivity contribution in [3.8, 4) is 0 Å². The zero-order valence-corrected chi connectivity index (χ0v) is 21.4. The highest BCUT2D eigenvalue weighted by Gasteiger charge is 2.21. The lowest BCUT2D eigenvalue weighted by Crippen LogP contribution is -2.44. The number of aromatic nitrogens is 1. The minimum atomic E-state index is -0.578. The SMILES string of the molecule is CCCC(CCN(NC(=O)c1ccc2oc3cccc(C(N)=O)c3c2c1)c1c(Cl)cncc1Cl)OC. The van der Waals surface area contributed by atoms with Crippen LogP contribution in [0.1, 0.15) is 46.9 Å². The summed E-state index contributed by atoms with van der Waals surface area (Å²) in [5, 5.41) is 3.39. The van der Waals surface area contributed by atoms with Gasteiger partial charge in [-0.05, 0) is 43.2 Å². The highest BCUT2D eigenvalue weighted by atomic mass is 35.5. The second kappa shape index (κ2) is 11.2. The number of methoxy groups -OCH3 is 1. The van der Waals surface area contributed by atoms with E-state index in [1.807, 2.05) is 0 Å². The van der Waals surface area contributed by atoms with Gasteiger partial charge in [0.25, 0.3) is 5.91 Å². The van der Waals surface area contributed by atoms with Crippen molar-refractivity contribution in [3.63, 3.8) is 0 Å². The average Bonchev–Trinajstić information content (AvgIpc) is 3.24. The number of halogens is 2. The fourth-order valence-corrected chi connectivity index (χ4v) is 4.79. The molecule has 10 heteroatoms. The molecule has 1 atom stereocenters. The third-order valence-corrected chi connectivity index (χ3v) is 6.53. The van der Waals surface area contributed by atoms with E-state index in [0.29, 0.717) is 61.8 Å².